The number of ether oxygens (including phenoxy) is 1. The third-order valence-electron chi connectivity index (χ3n) is 3.46. The van der Waals surface area contributed by atoms with Crippen LogP contribution in [0.5, 0.6) is 0 Å². The fourth-order valence-electron chi connectivity index (χ4n) is 2.09. The fourth-order valence-corrected chi connectivity index (χ4v) is 4.26. The van der Waals surface area contributed by atoms with E-state index in [1.807, 2.05) is 18.2 Å². The molecule has 112 valence electrons. The molecule has 0 N–H and O–H groups in total. The van der Waals surface area contributed by atoms with Crippen LogP contribution in [-0.4, -0.2) is 17.3 Å². The highest BCUT2D eigenvalue weighted by Gasteiger charge is 2.30. The molecule has 2 aromatic carbocycles. The summed E-state index contributed by atoms with van der Waals surface area (Å²) in [6.45, 7) is 1.30. The highest BCUT2D eigenvalue weighted by Crippen LogP contribution is 2.30. The van der Waals surface area contributed by atoms with Gasteiger partial charge >= 0.3 is 0 Å². The molecule has 0 aliphatic rings. The van der Waals surface area contributed by atoms with E-state index in [2.05, 4.69) is 84.2 Å². The van der Waals surface area contributed by atoms with Gasteiger partial charge in [-0.15, -0.1) is 0 Å². The summed E-state index contributed by atoms with van der Waals surface area (Å²) >= 11 is 10.8. The maximum atomic E-state index is 5.98. The van der Waals surface area contributed by atoms with Gasteiger partial charge in [-0.1, -0.05) is 90.3 Å². The summed E-state index contributed by atoms with van der Waals surface area (Å²) in [4.78, 5) is 0. The van der Waals surface area contributed by atoms with Gasteiger partial charge in [-0.05, 0) is 23.3 Å². The Morgan fingerprint density at radius 2 is 1.48 bits per heavy atom. The monoisotopic (exact) mass is 474 g/mol. The maximum absolute atomic E-state index is 5.98. The minimum absolute atomic E-state index is 0.0600. The molecule has 0 saturated heterocycles. The van der Waals surface area contributed by atoms with Crippen molar-refractivity contribution >= 4 is 47.8 Å². The molecular weight excluding hydrogens is 460 g/mol. The molecule has 0 aliphatic carbocycles. The Labute approximate surface area is 151 Å². The van der Waals surface area contributed by atoms with E-state index in [0.29, 0.717) is 13.2 Å². The Morgan fingerprint density at radius 3 is 2.05 bits per heavy atom. The van der Waals surface area contributed by atoms with Crippen LogP contribution in [0.25, 0.3) is 0 Å². The van der Waals surface area contributed by atoms with Crippen LogP contribution in [0, 0.1) is 0 Å². The van der Waals surface area contributed by atoms with Crippen LogP contribution in [0.1, 0.15) is 11.1 Å². The zero-order valence-corrected chi connectivity index (χ0v) is 16.3. The number of alkyl halides is 2. The van der Waals surface area contributed by atoms with Gasteiger partial charge < -0.3 is 4.74 Å². The predicted octanol–water partition coefficient (Wildman–Crippen LogP) is 5.69. The lowest BCUT2D eigenvalue weighted by molar-refractivity contribution is 0.0862. The van der Waals surface area contributed by atoms with Gasteiger partial charge in [-0.3, -0.25) is 0 Å². The van der Waals surface area contributed by atoms with E-state index >= 15 is 0 Å². The topological polar surface area (TPSA) is 9.23 Å². The minimum Gasteiger partial charge on any atom is -0.376 e. The smallest absolute Gasteiger partial charge is 0.0717 e. The second-order valence-electron chi connectivity index (χ2n) is 5.03. The van der Waals surface area contributed by atoms with E-state index in [9.17, 15) is 0 Å². The standard InChI is InChI=1S/C17H17Br3O/c18-11-17(12-19,15-6-8-16(20)9-7-15)13-21-10-14-4-2-1-3-5-14/h1-9H,10-13H2. The Kier molecular flexibility index (Phi) is 6.93. The van der Waals surface area contributed by atoms with Gasteiger partial charge in [-0.2, -0.15) is 0 Å². The first-order valence-corrected chi connectivity index (χ1v) is 9.73. The van der Waals surface area contributed by atoms with Crippen LogP contribution in [-0.2, 0) is 16.8 Å². The van der Waals surface area contributed by atoms with Crippen molar-refractivity contribution < 1.29 is 4.74 Å². The van der Waals surface area contributed by atoms with Gasteiger partial charge in [0, 0.05) is 20.5 Å². The van der Waals surface area contributed by atoms with Gasteiger partial charge in [0.1, 0.15) is 0 Å². The summed E-state index contributed by atoms with van der Waals surface area (Å²) < 4.78 is 7.07. The van der Waals surface area contributed by atoms with Crippen LogP contribution in [0.4, 0.5) is 0 Å². The molecule has 0 heterocycles. The van der Waals surface area contributed by atoms with Crippen LogP contribution >= 0.6 is 47.8 Å². The van der Waals surface area contributed by atoms with Crippen molar-refractivity contribution in [2.45, 2.75) is 12.0 Å². The Morgan fingerprint density at radius 1 is 0.857 bits per heavy atom. The quantitative estimate of drug-likeness (QED) is 0.466. The molecule has 0 aromatic heterocycles. The van der Waals surface area contributed by atoms with E-state index in [-0.39, 0.29) is 5.41 Å². The molecular formula is C17H17Br3O. The van der Waals surface area contributed by atoms with E-state index in [0.717, 1.165) is 15.1 Å². The van der Waals surface area contributed by atoms with Crippen molar-refractivity contribution in [3.63, 3.8) is 0 Å². The van der Waals surface area contributed by atoms with Crippen LogP contribution < -0.4 is 0 Å². The van der Waals surface area contributed by atoms with Crippen molar-refractivity contribution in [3.8, 4) is 0 Å². The number of hydrogen-bond donors (Lipinski definition) is 0. The van der Waals surface area contributed by atoms with E-state index in [4.69, 9.17) is 4.74 Å². The molecule has 0 aliphatic heterocycles. The molecule has 21 heavy (non-hydrogen) atoms. The lowest BCUT2D eigenvalue weighted by Gasteiger charge is -2.30. The molecule has 0 amide bonds. The molecule has 0 bridgehead atoms. The molecule has 4 heteroatoms. The average molecular weight is 477 g/mol. The Hall–Kier alpha value is -0.160. The fraction of sp³-hybridized carbons (Fsp3) is 0.294. The van der Waals surface area contributed by atoms with Crippen molar-refractivity contribution in [3.05, 3.63) is 70.2 Å². The maximum Gasteiger partial charge on any atom is 0.0717 e. The van der Waals surface area contributed by atoms with Crippen molar-refractivity contribution in [2.24, 2.45) is 0 Å². The summed E-state index contributed by atoms with van der Waals surface area (Å²) in [6.07, 6.45) is 0. The first kappa shape index (κ1) is 17.2. The van der Waals surface area contributed by atoms with Crippen molar-refractivity contribution in [1.82, 2.24) is 0 Å². The Bertz CT molecular complexity index is 536. The normalized spacial score (nSPS) is 11.6. The molecule has 1 nitrogen and oxygen atoms in total. The first-order valence-electron chi connectivity index (χ1n) is 6.70. The van der Waals surface area contributed by atoms with E-state index in [1.165, 1.54) is 11.1 Å². The molecule has 0 unspecified atom stereocenters. The number of hydrogen-bond acceptors (Lipinski definition) is 1. The lowest BCUT2D eigenvalue weighted by Crippen LogP contribution is -2.35. The van der Waals surface area contributed by atoms with Gasteiger partial charge in [0.05, 0.1) is 13.2 Å². The summed E-state index contributed by atoms with van der Waals surface area (Å²) in [5.41, 5.74) is 2.41. The van der Waals surface area contributed by atoms with Crippen molar-refractivity contribution in [1.29, 1.82) is 0 Å². The number of benzene rings is 2. The minimum atomic E-state index is -0.0600. The third kappa shape index (κ3) is 4.65. The zero-order valence-electron chi connectivity index (χ0n) is 11.6. The third-order valence-corrected chi connectivity index (χ3v) is 6.13. The van der Waals surface area contributed by atoms with Crippen LogP contribution in [0.3, 0.4) is 0 Å². The van der Waals surface area contributed by atoms with Crippen LogP contribution in [0.15, 0.2) is 59.1 Å². The second-order valence-corrected chi connectivity index (χ2v) is 7.07. The van der Waals surface area contributed by atoms with Crippen molar-refractivity contribution in [2.75, 3.05) is 17.3 Å². The largest absolute Gasteiger partial charge is 0.376 e. The average Bonchev–Trinajstić information content (AvgIpc) is 2.54. The first-order chi connectivity index (χ1) is 10.2. The molecule has 0 fully saturated rings. The molecule has 0 saturated carbocycles. The highest BCUT2D eigenvalue weighted by molar-refractivity contribution is 9.10. The number of halogens is 3. The second kappa shape index (κ2) is 8.47. The summed E-state index contributed by atoms with van der Waals surface area (Å²) in [7, 11) is 0. The molecule has 2 aromatic rings. The van der Waals surface area contributed by atoms with Gasteiger partial charge in [0.2, 0.25) is 0 Å². The molecule has 0 radical (unpaired) electrons. The summed E-state index contributed by atoms with van der Waals surface area (Å²) in [6, 6.07) is 18.7. The highest BCUT2D eigenvalue weighted by atomic mass is 79.9. The summed E-state index contributed by atoms with van der Waals surface area (Å²) in [5, 5.41) is 1.70. The van der Waals surface area contributed by atoms with Crippen LogP contribution in [0.2, 0.25) is 0 Å². The van der Waals surface area contributed by atoms with Gasteiger partial charge in [-0.25, -0.2) is 0 Å². The number of rotatable bonds is 7. The molecule has 2 rings (SSSR count). The summed E-state index contributed by atoms with van der Waals surface area (Å²) in [5.74, 6) is 0. The van der Waals surface area contributed by atoms with E-state index in [1.54, 1.807) is 0 Å². The van der Waals surface area contributed by atoms with Gasteiger partial charge in [0.15, 0.2) is 0 Å². The van der Waals surface area contributed by atoms with E-state index < -0.39 is 0 Å². The Balaban J connectivity index is 2.06. The predicted molar refractivity (Wildman–Crippen MR) is 99.5 cm³/mol. The molecule has 0 spiro atoms. The van der Waals surface area contributed by atoms with Gasteiger partial charge in [0.25, 0.3) is 0 Å². The SMILES string of the molecule is BrCC(CBr)(COCc1ccccc1)c1ccc(Br)cc1. The zero-order chi connectivity index (χ0) is 15.1. The lowest BCUT2D eigenvalue weighted by atomic mass is 9.85. The molecule has 0 atom stereocenters.